The molecule has 0 atom stereocenters. The van der Waals surface area contributed by atoms with Crippen LogP contribution in [0, 0.1) is 5.92 Å². The Morgan fingerprint density at radius 1 is 1.03 bits per heavy atom. The van der Waals surface area contributed by atoms with E-state index in [9.17, 15) is 14.4 Å². The van der Waals surface area contributed by atoms with E-state index in [2.05, 4.69) is 40.0 Å². The number of fused-ring (bicyclic) bond motifs is 3. The molecule has 1 fully saturated rings. The van der Waals surface area contributed by atoms with Gasteiger partial charge in [0.1, 0.15) is 13.2 Å². The van der Waals surface area contributed by atoms with E-state index in [1.165, 1.54) is 39.3 Å². The Kier molecular flexibility index (Phi) is 6.22. The number of nitrogens with one attached hydrogen (secondary N) is 2. The van der Waals surface area contributed by atoms with Crippen LogP contribution in [0.2, 0.25) is 0 Å². The van der Waals surface area contributed by atoms with Crippen LogP contribution in [0.25, 0.3) is 11.1 Å². The average molecular weight is 475 g/mol. The van der Waals surface area contributed by atoms with E-state index in [4.69, 9.17) is 9.84 Å². The van der Waals surface area contributed by atoms with E-state index in [-0.39, 0.29) is 36.9 Å². The number of carbonyl (C=O) groups is 3. The van der Waals surface area contributed by atoms with Crippen molar-refractivity contribution in [2.45, 2.75) is 37.8 Å². The van der Waals surface area contributed by atoms with Gasteiger partial charge in [-0.2, -0.15) is 5.10 Å². The number of carboxylic acid groups (broad SMARTS) is 1. The molecule has 2 amide bonds. The maximum Gasteiger partial charge on any atom is 0.407 e. The normalized spacial score (nSPS) is 18.2. The van der Waals surface area contributed by atoms with Crippen LogP contribution in [-0.4, -0.2) is 45.5 Å². The summed E-state index contributed by atoms with van der Waals surface area (Å²) in [6.07, 6.45) is 4.20. The highest BCUT2D eigenvalue weighted by molar-refractivity contribution is 5.90. The van der Waals surface area contributed by atoms with Crippen LogP contribution in [0.3, 0.4) is 0 Å². The number of rotatable bonds is 8. The summed E-state index contributed by atoms with van der Waals surface area (Å²) >= 11 is 0. The summed E-state index contributed by atoms with van der Waals surface area (Å²) in [6.45, 7) is 0.00961. The van der Waals surface area contributed by atoms with Gasteiger partial charge in [0.15, 0.2) is 0 Å². The number of carboxylic acids is 1. The molecule has 0 spiro atoms. The topological polar surface area (TPSA) is 123 Å². The maximum atomic E-state index is 12.4. The molecule has 2 aromatic carbocycles. The molecule has 2 aliphatic rings. The van der Waals surface area contributed by atoms with Crippen molar-refractivity contribution >= 4 is 23.7 Å². The largest absolute Gasteiger partial charge is 0.480 e. The number of alkyl carbamates (subject to hydrolysis) is 1. The van der Waals surface area contributed by atoms with Gasteiger partial charge in [0.2, 0.25) is 5.91 Å². The summed E-state index contributed by atoms with van der Waals surface area (Å²) in [5.41, 5.74) is 5.18. The highest BCUT2D eigenvalue weighted by atomic mass is 16.5. The van der Waals surface area contributed by atoms with Crippen molar-refractivity contribution in [2.24, 2.45) is 5.92 Å². The molecule has 5 rings (SSSR count). The SMILES string of the molecule is O=C(O)Cn1cc(NC(=O)CC2CC(NC(=O)OCC3c4ccccc4-c4ccccc43)C2)cn1. The van der Waals surface area contributed by atoms with E-state index in [1.807, 2.05) is 24.3 Å². The van der Waals surface area contributed by atoms with E-state index in [1.54, 1.807) is 0 Å². The average Bonchev–Trinajstić information content (AvgIpc) is 3.37. The number of aromatic nitrogens is 2. The Morgan fingerprint density at radius 3 is 2.34 bits per heavy atom. The van der Waals surface area contributed by atoms with Crippen molar-refractivity contribution in [3.05, 3.63) is 72.1 Å². The minimum Gasteiger partial charge on any atom is -0.480 e. The van der Waals surface area contributed by atoms with Gasteiger partial charge in [0, 0.05) is 24.6 Å². The summed E-state index contributed by atoms with van der Waals surface area (Å²) in [5.74, 6) is -0.978. The minimum atomic E-state index is -1.00. The van der Waals surface area contributed by atoms with Crippen LogP contribution in [0.15, 0.2) is 60.9 Å². The first-order valence-corrected chi connectivity index (χ1v) is 11.6. The maximum absolute atomic E-state index is 12.4. The standard InChI is InChI=1S/C26H26N4O5/c31-24(28-18-12-27-30(13-18)14-25(32)33)11-16-9-17(10-16)29-26(34)35-15-23-21-7-3-1-5-19(21)20-6-2-4-8-22(20)23/h1-8,12-13,16-17,23H,9-11,14-15H2,(H,28,31)(H,29,34)(H,32,33). The van der Waals surface area contributed by atoms with Gasteiger partial charge < -0.3 is 20.5 Å². The van der Waals surface area contributed by atoms with E-state index < -0.39 is 12.1 Å². The van der Waals surface area contributed by atoms with Crippen molar-refractivity contribution in [3.8, 4) is 11.1 Å². The molecule has 3 aromatic rings. The van der Waals surface area contributed by atoms with Crippen LogP contribution in [0.5, 0.6) is 0 Å². The van der Waals surface area contributed by atoms with Gasteiger partial charge in [0.05, 0.1) is 11.9 Å². The first-order chi connectivity index (χ1) is 17.0. The van der Waals surface area contributed by atoms with E-state index in [0.717, 1.165) is 0 Å². The molecule has 180 valence electrons. The van der Waals surface area contributed by atoms with Crippen LogP contribution < -0.4 is 10.6 Å². The Morgan fingerprint density at radius 2 is 1.69 bits per heavy atom. The molecule has 0 bridgehead atoms. The van der Waals surface area contributed by atoms with Crippen molar-refractivity contribution in [2.75, 3.05) is 11.9 Å². The zero-order valence-electron chi connectivity index (χ0n) is 19.0. The van der Waals surface area contributed by atoms with Crippen LogP contribution in [0.1, 0.15) is 36.3 Å². The quantitative estimate of drug-likeness (QED) is 0.458. The van der Waals surface area contributed by atoms with Gasteiger partial charge in [-0.3, -0.25) is 14.3 Å². The summed E-state index contributed by atoms with van der Waals surface area (Å²) in [5, 5.41) is 18.3. The number of ether oxygens (including phenoxy) is 1. The lowest BCUT2D eigenvalue weighted by molar-refractivity contribution is -0.137. The minimum absolute atomic E-state index is 0.0123. The lowest BCUT2D eigenvalue weighted by Crippen LogP contribution is -2.45. The van der Waals surface area contributed by atoms with Gasteiger partial charge in [0.25, 0.3) is 0 Å². The number of amides is 2. The predicted octanol–water partition coefficient (Wildman–Crippen LogP) is 3.61. The molecule has 1 aromatic heterocycles. The van der Waals surface area contributed by atoms with Crippen molar-refractivity contribution < 1.29 is 24.2 Å². The molecule has 0 aliphatic heterocycles. The molecule has 3 N–H and O–H groups in total. The molecule has 2 aliphatic carbocycles. The summed E-state index contributed by atoms with van der Waals surface area (Å²) in [6, 6.07) is 16.4. The first kappa shape index (κ1) is 22.6. The van der Waals surface area contributed by atoms with Crippen molar-refractivity contribution in [3.63, 3.8) is 0 Å². The number of anilines is 1. The van der Waals surface area contributed by atoms with Gasteiger partial charge in [-0.25, -0.2) is 4.79 Å². The van der Waals surface area contributed by atoms with Crippen LogP contribution >= 0.6 is 0 Å². The Balaban J connectivity index is 1.05. The molecule has 0 unspecified atom stereocenters. The smallest absolute Gasteiger partial charge is 0.407 e. The summed E-state index contributed by atoms with van der Waals surface area (Å²) < 4.78 is 6.84. The molecule has 0 radical (unpaired) electrons. The number of nitrogens with zero attached hydrogens (tertiary/aromatic N) is 2. The number of benzene rings is 2. The van der Waals surface area contributed by atoms with Crippen molar-refractivity contribution in [1.29, 1.82) is 0 Å². The van der Waals surface area contributed by atoms with Crippen molar-refractivity contribution in [1.82, 2.24) is 15.1 Å². The molecule has 1 saturated carbocycles. The van der Waals surface area contributed by atoms with E-state index in [0.29, 0.717) is 24.9 Å². The molecule has 1 heterocycles. The predicted molar refractivity (Wildman–Crippen MR) is 128 cm³/mol. The molecule has 9 nitrogen and oxygen atoms in total. The Labute approximate surface area is 202 Å². The highest BCUT2D eigenvalue weighted by Gasteiger charge is 2.33. The summed E-state index contributed by atoms with van der Waals surface area (Å²) in [7, 11) is 0. The zero-order chi connectivity index (χ0) is 24.4. The second-order valence-electron chi connectivity index (χ2n) is 9.08. The molecule has 9 heteroatoms. The lowest BCUT2D eigenvalue weighted by atomic mass is 9.78. The van der Waals surface area contributed by atoms with Crippen LogP contribution in [-0.2, 0) is 20.9 Å². The third-order valence-corrected chi connectivity index (χ3v) is 6.59. The first-order valence-electron chi connectivity index (χ1n) is 11.6. The highest BCUT2D eigenvalue weighted by Crippen LogP contribution is 2.44. The summed E-state index contributed by atoms with van der Waals surface area (Å²) in [4.78, 5) is 35.4. The van der Waals surface area contributed by atoms with Crippen LogP contribution in [0.4, 0.5) is 10.5 Å². The van der Waals surface area contributed by atoms with Gasteiger partial charge in [-0.1, -0.05) is 48.5 Å². The molecule has 35 heavy (non-hydrogen) atoms. The Hall–Kier alpha value is -4.14. The number of carbonyl (C=O) groups excluding carboxylic acids is 2. The molecular weight excluding hydrogens is 448 g/mol. The van der Waals surface area contributed by atoms with E-state index >= 15 is 0 Å². The monoisotopic (exact) mass is 474 g/mol. The molecular formula is C26H26N4O5. The number of hydrogen-bond donors (Lipinski definition) is 3. The fourth-order valence-corrected chi connectivity index (χ4v) is 4.95. The lowest BCUT2D eigenvalue weighted by Gasteiger charge is -2.35. The zero-order valence-corrected chi connectivity index (χ0v) is 19.0. The third kappa shape index (κ3) is 5.03. The second kappa shape index (κ2) is 9.61. The van der Waals surface area contributed by atoms with Gasteiger partial charge >= 0.3 is 12.1 Å². The third-order valence-electron chi connectivity index (χ3n) is 6.59. The fourth-order valence-electron chi connectivity index (χ4n) is 4.95. The number of hydrogen-bond acceptors (Lipinski definition) is 5. The fraction of sp³-hybridized carbons (Fsp3) is 0.308. The number of aliphatic carboxylic acids is 1. The van der Waals surface area contributed by atoms with Gasteiger partial charge in [-0.15, -0.1) is 0 Å². The van der Waals surface area contributed by atoms with Gasteiger partial charge in [-0.05, 0) is 41.0 Å². The second-order valence-corrected chi connectivity index (χ2v) is 9.08. The molecule has 0 saturated heterocycles. The Bertz CT molecular complexity index is 1220.